The van der Waals surface area contributed by atoms with Crippen LogP contribution in [-0.4, -0.2) is 11.9 Å². The van der Waals surface area contributed by atoms with Gasteiger partial charge in [-0.05, 0) is 47.0 Å². The number of rotatable bonds is 3. The number of hydrogen-bond acceptors (Lipinski definition) is 1. The maximum absolute atomic E-state index is 12.3. The number of amides is 1. The predicted octanol–water partition coefficient (Wildman–Crippen LogP) is 4.04. The molecule has 0 saturated heterocycles. The van der Waals surface area contributed by atoms with Crippen LogP contribution in [0.2, 0.25) is 0 Å². The molecule has 0 heterocycles. The third-order valence-electron chi connectivity index (χ3n) is 3.70. The second kappa shape index (κ2) is 5.41. The number of carbonyl (C=O) groups excluding carboxylic acids is 1. The first-order valence-corrected chi connectivity index (χ1v) is 7.56. The lowest BCUT2D eigenvalue weighted by atomic mass is 10.1. The van der Waals surface area contributed by atoms with Crippen LogP contribution in [0.5, 0.6) is 0 Å². The van der Waals surface area contributed by atoms with E-state index in [2.05, 4.69) is 33.4 Å². The van der Waals surface area contributed by atoms with Crippen LogP contribution >= 0.6 is 15.9 Å². The fourth-order valence-electron chi connectivity index (χ4n) is 2.48. The van der Waals surface area contributed by atoms with Gasteiger partial charge in [-0.25, -0.2) is 0 Å². The van der Waals surface area contributed by atoms with Gasteiger partial charge in [0.2, 0.25) is 0 Å². The van der Waals surface area contributed by atoms with E-state index in [-0.39, 0.29) is 11.9 Å². The molecule has 2 atom stereocenters. The van der Waals surface area contributed by atoms with E-state index in [1.807, 2.05) is 43.3 Å². The summed E-state index contributed by atoms with van der Waals surface area (Å²) >= 11 is 3.44. The largest absolute Gasteiger partial charge is 0.349 e. The molecule has 102 valence electrons. The summed E-state index contributed by atoms with van der Waals surface area (Å²) in [5.74, 6) is 0.466. The molecule has 1 aliphatic rings. The quantitative estimate of drug-likeness (QED) is 0.904. The highest BCUT2D eigenvalue weighted by Crippen LogP contribution is 2.40. The van der Waals surface area contributed by atoms with Crippen molar-refractivity contribution in [2.24, 2.45) is 0 Å². The molecule has 2 unspecified atom stereocenters. The molecule has 0 spiro atoms. The molecule has 1 amide bonds. The number of nitrogens with one attached hydrogen (secondary N) is 1. The lowest BCUT2D eigenvalue weighted by Gasteiger charge is -2.07. The minimum atomic E-state index is 0.00371. The molecule has 1 N–H and O–H groups in total. The molecule has 2 aromatic rings. The van der Waals surface area contributed by atoms with Gasteiger partial charge in [0.25, 0.3) is 5.91 Å². The molecule has 0 radical (unpaired) electrons. The van der Waals surface area contributed by atoms with Gasteiger partial charge in [-0.3, -0.25) is 4.79 Å². The van der Waals surface area contributed by atoms with E-state index in [9.17, 15) is 4.79 Å². The summed E-state index contributed by atoms with van der Waals surface area (Å²) in [7, 11) is 0. The summed E-state index contributed by atoms with van der Waals surface area (Å²) in [6, 6.07) is 16.4. The van der Waals surface area contributed by atoms with Crippen molar-refractivity contribution >= 4 is 21.8 Å². The van der Waals surface area contributed by atoms with Crippen molar-refractivity contribution < 1.29 is 4.79 Å². The van der Waals surface area contributed by atoms with E-state index in [4.69, 9.17) is 0 Å². The van der Waals surface area contributed by atoms with Gasteiger partial charge in [0.15, 0.2) is 0 Å². The predicted molar refractivity (Wildman–Crippen MR) is 83.9 cm³/mol. The maximum Gasteiger partial charge on any atom is 0.252 e. The van der Waals surface area contributed by atoms with Gasteiger partial charge in [-0.1, -0.05) is 42.0 Å². The molecule has 1 aliphatic carbocycles. The zero-order valence-corrected chi connectivity index (χ0v) is 12.9. The Morgan fingerprint density at radius 3 is 2.70 bits per heavy atom. The first-order valence-electron chi connectivity index (χ1n) is 6.77. The van der Waals surface area contributed by atoms with Gasteiger partial charge in [-0.2, -0.15) is 0 Å². The van der Waals surface area contributed by atoms with Crippen LogP contribution in [0.15, 0.2) is 53.0 Å². The van der Waals surface area contributed by atoms with Gasteiger partial charge >= 0.3 is 0 Å². The summed E-state index contributed by atoms with van der Waals surface area (Å²) in [4.78, 5) is 12.3. The minimum Gasteiger partial charge on any atom is -0.349 e. The molecule has 3 heteroatoms. The van der Waals surface area contributed by atoms with E-state index in [1.54, 1.807) is 0 Å². The molecular formula is C17H16BrNO. The molecule has 3 rings (SSSR count). The molecule has 1 saturated carbocycles. The summed E-state index contributed by atoms with van der Waals surface area (Å²) in [5.41, 5.74) is 3.11. The Morgan fingerprint density at radius 2 is 1.95 bits per heavy atom. The fourth-order valence-corrected chi connectivity index (χ4v) is 2.91. The molecule has 1 fully saturated rings. The third-order valence-corrected chi connectivity index (χ3v) is 4.39. The van der Waals surface area contributed by atoms with Gasteiger partial charge in [0, 0.05) is 16.4 Å². The molecule has 2 nitrogen and oxygen atoms in total. The van der Waals surface area contributed by atoms with E-state index < -0.39 is 0 Å². The summed E-state index contributed by atoms with van der Waals surface area (Å²) in [6.45, 7) is 1.99. The lowest BCUT2D eigenvalue weighted by molar-refractivity contribution is 0.0949. The van der Waals surface area contributed by atoms with E-state index in [0.717, 1.165) is 16.5 Å². The van der Waals surface area contributed by atoms with Crippen molar-refractivity contribution in [1.29, 1.82) is 0 Å². The van der Waals surface area contributed by atoms with Gasteiger partial charge in [-0.15, -0.1) is 0 Å². The van der Waals surface area contributed by atoms with Crippen LogP contribution in [0, 0.1) is 6.92 Å². The fraction of sp³-hybridized carbons (Fsp3) is 0.235. The molecule has 0 bridgehead atoms. The Kier molecular flexibility index (Phi) is 3.62. The molecular weight excluding hydrogens is 314 g/mol. The monoisotopic (exact) mass is 329 g/mol. The van der Waals surface area contributed by atoms with Crippen molar-refractivity contribution in [3.8, 4) is 0 Å². The number of carbonyl (C=O) groups is 1. The van der Waals surface area contributed by atoms with Gasteiger partial charge in [0.1, 0.15) is 0 Å². The SMILES string of the molecule is Cc1ccc(Br)c(C(=O)NC2CC2c2ccccc2)c1. The maximum atomic E-state index is 12.3. The third kappa shape index (κ3) is 2.78. The second-order valence-corrected chi connectivity index (χ2v) is 6.17. The van der Waals surface area contributed by atoms with E-state index >= 15 is 0 Å². The minimum absolute atomic E-state index is 0.00371. The Labute approximate surface area is 127 Å². The highest BCUT2D eigenvalue weighted by Gasteiger charge is 2.39. The number of aryl methyl sites for hydroxylation is 1. The molecule has 2 aromatic carbocycles. The Hall–Kier alpha value is -1.61. The highest BCUT2D eigenvalue weighted by atomic mass is 79.9. The van der Waals surface area contributed by atoms with Crippen molar-refractivity contribution in [3.63, 3.8) is 0 Å². The standard InChI is InChI=1S/C17H16BrNO/c1-11-7-8-15(18)14(9-11)17(20)19-16-10-13(16)12-5-3-2-4-6-12/h2-9,13,16H,10H2,1H3,(H,19,20). The Balaban J connectivity index is 1.68. The van der Waals surface area contributed by atoms with Crippen LogP contribution in [0.25, 0.3) is 0 Å². The smallest absolute Gasteiger partial charge is 0.252 e. The number of hydrogen-bond donors (Lipinski definition) is 1. The average molecular weight is 330 g/mol. The highest BCUT2D eigenvalue weighted by molar-refractivity contribution is 9.10. The van der Waals surface area contributed by atoms with Gasteiger partial charge in [0.05, 0.1) is 5.56 Å². The Morgan fingerprint density at radius 1 is 1.20 bits per heavy atom. The van der Waals surface area contributed by atoms with Crippen molar-refractivity contribution in [2.45, 2.75) is 25.3 Å². The first-order chi connectivity index (χ1) is 9.65. The second-order valence-electron chi connectivity index (χ2n) is 5.32. The molecule has 0 aliphatic heterocycles. The lowest BCUT2D eigenvalue weighted by Crippen LogP contribution is -2.27. The van der Waals surface area contributed by atoms with Crippen LogP contribution < -0.4 is 5.32 Å². The normalized spacial score (nSPS) is 20.5. The molecule has 0 aromatic heterocycles. The number of benzene rings is 2. The summed E-state index contributed by atoms with van der Waals surface area (Å²) in [6.07, 6.45) is 1.03. The van der Waals surface area contributed by atoms with Crippen molar-refractivity contribution in [1.82, 2.24) is 5.32 Å². The topological polar surface area (TPSA) is 29.1 Å². The van der Waals surface area contributed by atoms with Crippen LogP contribution in [0.4, 0.5) is 0 Å². The van der Waals surface area contributed by atoms with Crippen LogP contribution in [0.1, 0.15) is 33.8 Å². The van der Waals surface area contributed by atoms with Crippen LogP contribution in [-0.2, 0) is 0 Å². The average Bonchev–Trinajstić information content (AvgIpc) is 3.21. The molecule has 20 heavy (non-hydrogen) atoms. The van der Waals surface area contributed by atoms with Gasteiger partial charge < -0.3 is 5.32 Å². The summed E-state index contributed by atoms with van der Waals surface area (Å²) < 4.78 is 0.845. The zero-order chi connectivity index (χ0) is 14.1. The van der Waals surface area contributed by atoms with Crippen molar-refractivity contribution in [2.75, 3.05) is 0 Å². The van der Waals surface area contributed by atoms with Crippen LogP contribution in [0.3, 0.4) is 0 Å². The first kappa shape index (κ1) is 13.4. The van der Waals surface area contributed by atoms with Crippen molar-refractivity contribution in [3.05, 3.63) is 69.7 Å². The summed E-state index contributed by atoms with van der Waals surface area (Å²) in [5, 5.41) is 3.12. The van der Waals surface area contributed by atoms with E-state index in [1.165, 1.54) is 5.56 Å². The van der Waals surface area contributed by atoms with E-state index in [0.29, 0.717) is 11.5 Å². The number of halogens is 1. The Bertz CT molecular complexity index is 639. The zero-order valence-electron chi connectivity index (χ0n) is 11.3.